The highest BCUT2D eigenvalue weighted by molar-refractivity contribution is 5.94. The standard InChI is InChI=1S/C22H27NO2/c1-17(2)15-25-20-11-9-18(10-12-20)21(24)23-16-22(13-6-14-22)19-7-4-3-5-8-19/h3-5,7-12,17H,6,13-16H2,1-2H3,(H,23,24). The first-order chi connectivity index (χ1) is 12.1. The molecule has 1 N–H and O–H groups in total. The summed E-state index contributed by atoms with van der Waals surface area (Å²) in [5.41, 5.74) is 2.12. The summed E-state index contributed by atoms with van der Waals surface area (Å²) in [5.74, 6) is 1.28. The molecule has 1 saturated carbocycles. The molecule has 3 rings (SSSR count). The average molecular weight is 337 g/mol. The molecule has 0 heterocycles. The van der Waals surface area contributed by atoms with E-state index in [4.69, 9.17) is 4.74 Å². The fourth-order valence-electron chi connectivity index (χ4n) is 3.28. The molecule has 25 heavy (non-hydrogen) atoms. The minimum atomic E-state index is -0.0161. The quantitative estimate of drug-likeness (QED) is 0.803. The monoisotopic (exact) mass is 337 g/mol. The number of hydrogen-bond donors (Lipinski definition) is 1. The molecule has 0 atom stereocenters. The molecular weight excluding hydrogens is 310 g/mol. The Labute approximate surface area is 150 Å². The van der Waals surface area contributed by atoms with E-state index in [0.717, 1.165) is 18.6 Å². The molecule has 0 spiro atoms. The van der Waals surface area contributed by atoms with Gasteiger partial charge in [0.1, 0.15) is 5.75 Å². The molecule has 0 radical (unpaired) electrons. The van der Waals surface area contributed by atoms with Crippen LogP contribution in [-0.2, 0) is 5.41 Å². The Morgan fingerprint density at radius 2 is 1.76 bits per heavy atom. The Bertz CT molecular complexity index is 688. The summed E-state index contributed by atoms with van der Waals surface area (Å²) in [6.07, 6.45) is 3.51. The number of hydrogen-bond acceptors (Lipinski definition) is 2. The minimum Gasteiger partial charge on any atom is -0.493 e. The fraction of sp³-hybridized carbons (Fsp3) is 0.409. The second kappa shape index (κ2) is 7.73. The predicted molar refractivity (Wildman–Crippen MR) is 101 cm³/mol. The molecule has 1 aliphatic carbocycles. The molecule has 0 unspecified atom stereocenters. The lowest BCUT2D eigenvalue weighted by atomic mass is 9.64. The van der Waals surface area contributed by atoms with Gasteiger partial charge in [0.15, 0.2) is 0 Å². The van der Waals surface area contributed by atoms with E-state index >= 15 is 0 Å². The predicted octanol–water partition coefficient (Wildman–Crippen LogP) is 4.57. The van der Waals surface area contributed by atoms with Gasteiger partial charge >= 0.3 is 0 Å². The van der Waals surface area contributed by atoms with Gasteiger partial charge in [-0.25, -0.2) is 0 Å². The molecule has 1 fully saturated rings. The van der Waals surface area contributed by atoms with Crippen molar-refractivity contribution in [1.82, 2.24) is 5.32 Å². The number of carbonyl (C=O) groups excluding carboxylic acids is 1. The topological polar surface area (TPSA) is 38.3 Å². The van der Waals surface area contributed by atoms with E-state index in [1.54, 1.807) is 0 Å². The largest absolute Gasteiger partial charge is 0.493 e. The van der Waals surface area contributed by atoms with Gasteiger partial charge in [-0.15, -0.1) is 0 Å². The van der Waals surface area contributed by atoms with Crippen molar-refractivity contribution in [1.29, 1.82) is 0 Å². The van der Waals surface area contributed by atoms with Gasteiger partial charge in [-0.05, 0) is 48.6 Å². The molecule has 3 heteroatoms. The maximum Gasteiger partial charge on any atom is 0.251 e. The molecule has 2 aromatic carbocycles. The highest BCUT2D eigenvalue weighted by atomic mass is 16.5. The highest BCUT2D eigenvalue weighted by Gasteiger charge is 2.38. The summed E-state index contributed by atoms with van der Waals surface area (Å²) >= 11 is 0. The third kappa shape index (κ3) is 4.22. The second-order valence-corrected chi connectivity index (χ2v) is 7.41. The van der Waals surface area contributed by atoms with Crippen molar-refractivity contribution in [3.05, 3.63) is 65.7 Å². The lowest BCUT2D eigenvalue weighted by molar-refractivity contribution is 0.0928. The van der Waals surface area contributed by atoms with Crippen molar-refractivity contribution in [2.45, 2.75) is 38.5 Å². The van der Waals surface area contributed by atoms with Crippen LogP contribution in [0.2, 0.25) is 0 Å². The first kappa shape index (κ1) is 17.5. The molecule has 0 aliphatic heterocycles. The van der Waals surface area contributed by atoms with Gasteiger partial charge in [0, 0.05) is 17.5 Å². The van der Waals surface area contributed by atoms with Crippen molar-refractivity contribution < 1.29 is 9.53 Å². The normalized spacial score (nSPS) is 15.5. The Balaban J connectivity index is 1.59. The van der Waals surface area contributed by atoms with Gasteiger partial charge in [-0.2, -0.15) is 0 Å². The molecule has 2 aromatic rings. The minimum absolute atomic E-state index is 0.0161. The van der Waals surface area contributed by atoms with Gasteiger partial charge in [0.2, 0.25) is 0 Å². The molecule has 1 aliphatic rings. The summed E-state index contributed by atoms with van der Waals surface area (Å²) in [7, 11) is 0. The van der Waals surface area contributed by atoms with E-state index in [-0.39, 0.29) is 11.3 Å². The van der Waals surface area contributed by atoms with Gasteiger partial charge in [0.25, 0.3) is 5.91 Å². The third-order valence-corrected chi connectivity index (χ3v) is 4.98. The van der Waals surface area contributed by atoms with E-state index in [1.807, 2.05) is 30.3 Å². The zero-order valence-electron chi connectivity index (χ0n) is 15.1. The number of rotatable bonds is 7. The number of amides is 1. The van der Waals surface area contributed by atoms with Crippen LogP contribution in [0, 0.1) is 5.92 Å². The van der Waals surface area contributed by atoms with Crippen molar-refractivity contribution in [3.63, 3.8) is 0 Å². The van der Waals surface area contributed by atoms with Crippen LogP contribution in [-0.4, -0.2) is 19.1 Å². The van der Waals surface area contributed by atoms with E-state index in [1.165, 1.54) is 12.0 Å². The number of nitrogens with one attached hydrogen (secondary N) is 1. The van der Waals surface area contributed by atoms with E-state index in [2.05, 4.69) is 43.4 Å². The second-order valence-electron chi connectivity index (χ2n) is 7.41. The van der Waals surface area contributed by atoms with Crippen LogP contribution in [0.1, 0.15) is 49.0 Å². The highest BCUT2D eigenvalue weighted by Crippen LogP contribution is 2.43. The average Bonchev–Trinajstić information content (AvgIpc) is 2.60. The molecular formula is C22H27NO2. The van der Waals surface area contributed by atoms with Crippen LogP contribution in [0.15, 0.2) is 54.6 Å². The smallest absolute Gasteiger partial charge is 0.251 e. The van der Waals surface area contributed by atoms with Crippen LogP contribution in [0.4, 0.5) is 0 Å². The first-order valence-electron chi connectivity index (χ1n) is 9.16. The third-order valence-electron chi connectivity index (χ3n) is 4.98. The molecule has 132 valence electrons. The van der Waals surface area contributed by atoms with Crippen LogP contribution < -0.4 is 10.1 Å². The molecule has 0 saturated heterocycles. The molecule has 3 nitrogen and oxygen atoms in total. The Hall–Kier alpha value is -2.29. The molecule has 1 amide bonds. The zero-order valence-corrected chi connectivity index (χ0v) is 15.1. The number of ether oxygens (including phenoxy) is 1. The van der Waals surface area contributed by atoms with Gasteiger partial charge in [-0.3, -0.25) is 4.79 Å². The Morgan fingerprint density at radius 3 is 2.32 bits per heavy atom. The molecule has 0 bridgehead atoms. The lowest BCUT2D eigenvalue weighted by Crippen LogP contribution is -2.45. The zero-order chi connectivity index (χ0) is 17.7. The summed E-state index contributed by atoms with van der Waals surface area (Å²) in [5, 5.41) is 3.13. The van der Waals surface area contributed by atoms with Crippen LogP contribution in [0.3, 0.4) is 0 Å². The molecule has 0 aromatic heterocycles. The van der Waals surface area contributed by atoms with Crippen LogP contribution in [0.25, 0.3) is 0 Å². The van der Waals surface area contributed by atoms with Crippen molar-refractivity contribution in [2.24, 2.45) is 5.92 Å². The number of carbonyl (C=O) groups is 1. The van der Waals surface area contributed by atoms with Crippen molar-refractivity contribution in [3.8, 4) is 5.75 Å². The Kier molecular flexibility index (Phi) is 5.42. The van der Waals surface area contributed by atoms with Crippen molar-refractivity contribution >= 4 is 5.91 Å². The Morgan fingerprint density at radius 1 is 1.08 bits per heavy atom. The maximum atomic E-state index is 12.5. The van der Waals surface area contributed by atoms with E-state index in [0.29, 0.717) is 24.6 Å². The lowest BCUT2D eigenvalue weighted by Gasteiger charge is -2.42. The summed E-state index contributed by atoms with van der Waals surface area (Å²) in [6.45, 7) is 5.61. The van der Waals surface area contributed by atoms with Gasteiger partial charge in [-0.1, -0.05) is 50.6 Å². The van der Waals surface area contributed by atoms with Gasteiger partial charge < -0.3 is 10.1 Å². The van der Waals surface area contributed by atoms with Crippen LogP contribution in [0.5, 0.6) is 5.75 Å². The van der Waals surface area contributed by atoms with Gasteiger partial charge in [0.05, 0.1) is 6.61 Å². The summed E-state index contributed by atoms with van der Waals surface area (Å²) in [6, 6.07) is 17.9. The fourth-order valence-corrected chi connectivity index (χ4v) is 3.28. The van der Waals surface area contributed by atoms with E-state index < -0.39 is 0 Å². The first-order valence-corrected chi connectivity index (χ1v) is 9.16. The summed E-state index contributed by atoms with van der Waals surface area (Å²) in [4.78, 5) is 12.5. The van der Waals surface area contributed by atoms with E-state index in [9.17, 15) is 4.79 Å². The summed E-state index contributed by atoms with van der Waals surface area (Å²) < 4.78 is 5.67. The maximum absolute atomic E-state index is 12.5. The van der Waals surface area contributed by atoms with Crippen molar-refractivity contribution in [2.75, 3.05) is 13.2 Å². The van der Waals surface area contributed by atoms with Crippen LogP contribution >= 0.6 is 0 Å². The number of benzene rings is 2. The SMILES string of the molecule is CC(C)COc1ccc(C(=O)NCC2(c3ccccc3)CCC2)cc1.